The molecule has 6 nitrogen and oxygen atoms in total. The Balaban J connectivity index is 2.02. The summed E-state index contributed by atoms with van der Waals surface area (Å²) in [5, 5.41) is 6.52. The van der Waals surface area contributed by atoms with Crippen molar-refractivity contribution in [3.63, 3.8) is 0 Å². The lowest BCUT2D eigenvalue weighted by Crippen LogP contribution is -2.44. The number of nitrogens with zero attached hydrogens (tertiary/aromatic N) is 3. The smallest absolute Gasteiger partial charge is 0.263 e. The van der Waals surface area contributed by atoms with Gasteiger partial charge in [-0.05, 0) is 19.4 Å². The molecule has 2 rings (SSSR count). The van der Waals surface area contributed by atoms with E-state index in [0.29, 0.717) is 6.54 Å². The van der Waals surface area contributed by atoms with Crippen LogP contribution in [0.3, 0.4) is 0 Å². The van der Waals surface area contributed by atoms with E-state index in [0.717, 1.165) is 10.2 Å². The molecule has 1 aromatic carbocycles. The second-order valence-corrected chi connectivity index (χ2v) is 4.94. The number of aromatic nitrogens is 3. The third-order valence-corrected chi connectivity index (χ3v) is 3.03. The van der Waals surface area contributed by atoms with Gasteiger partial charge in [-0.1, -0.05) is 30.3 Å². The van der Waals surface area contributed by atoms with Crippen molar-refractivity contribution in [3.8, 4) is 0 Å². The van der Waals surface area contributed by atoms with E-state index in [2.05, 4.69) is 15.4 Å². The molecule has 0 fully saturated rings. The van der Waals surface area contributed by atoms with Crippen LogP contribution in [0.2, 0.25) is 0 Å². The minimum Gasteiger partial charge on any atom is -0.351 e. The van der Waals surface area contributed by atoms with Crippen LogP contribution in [0.1, 0.15) is 24.2 Å². The largest absolute Gasteiger partial charge is 0.351 e. The first-order chi connectivity index (χ1) is 9.51. The minimum absolute atomic E-state index is 0.346. The first kappa shape index (κ1) is 13.9. The Morgan fingerprint density at radius 2 is 1.95 bits per heavy atom. The molecule has 0 unspecified atom stereocenters. The molecule has 1 N–H and O–H groups in total. The summed E-state index contributed by atoms with van der Waals surface area (Å²) in [6.07, 6.45) is 2.55. The third kappa shape index (κ3) is 2.90. The molecule has 0 aliphatic heterocycles. The number of hydrogen-bond acceptors (Lipinski definition) is 4. The molecule has 1 heterocycles. The van der Waals surface area contributed by atoms with Crippen molar-refractivity contribution in [1.29, 1.82) is 0 Å². The predicted octanol–water partition coefficient (Wildman–Crippen LogP) is 1.26. The Bertz CT molecular complexity index is 591. The summed E-state index contributed by atoms with van der Waals surface area (Å²) in [4.78, 5) is 28.1. The van der Waals surface area contributed by atoms with Crippen LogP contribution in [0.4, 0.5) is 0 Å². The highest BCUT2D eigenvalue weighted by Gasteiger charge is 2.37. The van der Waals surface area contributed by atoms with E-state index in [1.807, 2.05) is 30.3 Å². The van der Waals surface area contributed by atoms with Gasteiger partial charge in [-0.15, -0.1) is 0 Å². The van der Waals surface area contributed by atoms with Crippen LogP contribution in [0, 0.1) is 5.41 Å². The van der Waals surface area contributed by atoms with E-state index < -0.39 is 11.3 Å². The van der Waals surface area contributed by atoms with E-state index in [-0.39, 0.29) is 5.91 Å². The van der Waals surface area contributed by atoms with E-state index in [4.69, 9.17) is 0 Å². The van der Waals surface area contributed by atoms with Crippen LogP contribution < -0.4 is 5.32 Å². The molecule has 0 radical (unpaired) electrons. The zero-order valence-electron chi connectivity index (χ0n) is 11.4. The van der Waals surface area contributed by atoms with Crippen LogP contribution in [0.15, 0.2) is 43.0 Å². The predicted molar refractivity (Wildman–Crippen MR) is 72.7 cm³/mol. The van der Waals surface area contributed by atoms with Gasteiger partial charge in [0.05, 0.1) is 0 Å². The molecule has 0 saturated carbocycles. The second-order valence-electron chi connectivity index (χ2n) is 4.94. The lowest BCUT2D eigenvalue weighted by molar-refractivity contribution is -0.127. The SMILES string of the molecule is CC(C)(C(=O)NCc1ccccc1)C(=O)n1cncn1. The summed E-state index contributed by atoms with van der Waals surface area (Å²) < 4.78 is 1.07. The monoisotopic (exact) mass is 272 g/mol. The number of rotatable bonds is 4. The van der Waals surface area contributed by atoms with Gasteiger partial charge in [-0.2, -0.15) is 9.78 Å². The quantitative estimate of drug-likeness (QED) is 0.850. The molecule has 2 aromatic rings. The van der Waals surface area contributed by atoms with E-state index in [1.165, 1.54) is 12.7 Å². The summed E-state index contributed by atoms with van der Waals surface area (Å²) >= 11 is 0. The first-order valence-electron chi connectivity index (χ1n) is 6.23. The number of carbonyl (C=O) groups excluding carboxylic acids is 2. The van der Waals surface area contributed by atoms with Crippen LogP contribution in [-0.4, -0.2) is 26.6 Å². The molecular weight excluding hydrogens is 256 g/mol. The minimum atomic E-state index is -1.21. The van der Waals surface area contributed by atoms with Crippen LogP contribution in [0.25, 0.3) is 0 Å². The Hall–Kier alpha value is -2.50. The van der Waals surface area contributed by atoms with Gasteiger partial charge in [0.25, 0.3) is 5.91 Å². The molecule has 0 saturated heterocycles. The van der Waals surface area contributed by atoms with Crippen LogP contribution >= 0.6 is 0 Å². The van der Waals surface area contributed by atoms with Crippen molar-refractivity contribution in [2.75, 3.05) is 0 Å². The van der Waals surface area contributed by atoms with Gasteiger partial charge in [0.1, 0.15) is 18.1 Å². The maximum Gasteiger partial charge on any atom is 0.263 e. The lowest BCUT2D eigenvalue weighted by atomic mass is 9.91. The molecule has 0 aliphatic rings. The van der Waals surface area contributed by atoms with E-state index in [9.17, 15) is 9.59 Å². The van der Waals surface area contributed by atoms with Crippen LogP contribution in [-0.2, 0) is 11.3 Å². The summed E-state index contributed by atoms with van der Waals surface area (Å²) in [5.74, 6) is -0.762. The zero-order chi connectivity index (χ0) is 14.6. The maximum atomic E-state index is 12.2. The zero-order valence-corrected chi connectivity index (χ0v) is 11.4. The van der Waals surface area contributed by atoms with Crippen molar-refractivity contribution in [1.82, 2.24) is 20.1 Å². The van der Waals surface area contributed by atoms with Crippen molar-refractivity contribution >= 4 is 11.8 Å². The van der Waals surface area contributed by atoms with Gasteiger partial charge in [0.2, 0.25) is 5.91 Å². The fraction of sp³-hybridized carbons (Fsp3) is 0.286. The highest BCUT2D eigenvalue weighted by Crippen LogP contribution is 2.18. The molecule has 1 aromatic heterocycles. The molecule has 0 atom stereocenters. The fourth-order valence-electron chi connectivity index (χ4n) is 1.70. The molecule has 0 bridgehead atoms. The Morgan fingerprint density at radius 3 is 2.55 bits per heavy atom. The second kappa shape index (κ2) is 5.64. The van der Waals surface area contributed by atoms with Crippen LogP contribution in [0.5, 0.6) is 0 Å². The van der Waals surface area contributed by atoms with Crippen molar-refractivity contribution in [3.05, 3.63) is 48.5 Å². The molecule has 1 amide bonds. The van der Waals surface area contributed by atoms with Gasteiger partial charge in [0, 0.05) is 6.54 Å². The van der Waals surface area contributed by atoms with Gasteiger partial charge >= 0.3 is 0 Å². The number of nitrogens with one attached hydrogen (secondary N) is 1. The average Bonchev–Trinajstić information content (AvgIpc) is 2.99. The standard InChI is InChI=1S/C14H16N4O2/c1-14(2,13(20)18-10-15-9-17-18)12(19)16-8-11-6-4-3-5-7-11/h3-7,9-10H,8H2,1-2H3,(H,16,19). The number of benzene rings is 1. The first-order valence-corrected chi connectivity index (χ1v) is 6.23. The summed E-state index contributed by atoms with van der Waals surface area (Å²) in [7, 11) is 0. The van der Waals surface area contributed by atoms with Crippen molar-refractivity contribution in [2.24, 2.45) is 5.41 Å². The molecule has 6 heteroatoms. The lowest BCUT2D eigenvalue weighted by Gasteiger charge is -2.21. The fourth-order valence-corrected chi connectivity index (χ4v) is 1.70. The van der Waals surface area contributed by atoms with Gasteiger partial charge in [0.15, 0.2) is 0 Å². The highest BCUT2D eigenvalue weighted by atomic mass is 16.2. The normalized spacial score (nSPS) is 11.1. The molecule has 0 spiro atoms. The number of carbonyl (C=O) groups is 2. The number of hydrogen-bond donors (Lipinski definition) is 1. The number of amides is 1. The molecular formula is C14H16N4O2. The maximum absolute atomic E-state index is 12.2. The van der Waals surface area contributed by atoms with E-state index >= 15 is 0 Å². The third-order valence-electron chi connectivity index (χ3n) is 3.03. The topological polar surface area (TPSA) is 76.9 Å². The van der Waals surface area contributed by atoms with Crippen molar-refractivity contribution < 1.29 is 9.59 Å². The summed E-state index contributed by atoms with van der Waals surface area (Å²) in [5.41, 5.74) is -0.229. The van der Waals surface area contributed by atoms with Gasteiger partial charge in [-0.25, -0.2) is 4.98 Å². The van der Waals surface area contributed by atoms with E-state index in [1.54, 1.807) is 13.8 Å². The van der Waals surface area contributed by atoms with Gasteiger partial charge < -0.3 is 5.32 Å². The Kier molecular flexibility index (Phi) is 3.93. The Morgan fingerprint density at radius 1 is 1.25 bits per heavy atom. The summed E-state index contributed by atoms with van der Waals surface area (Å²) in [6, 6.07) is 9.52. The Labute approximate surface area is 116 Å². The molecule has 0 aliphatic carbocycles. The molecule has 20 heavy (non-hydrogen) atoms. The summed E-state index contributed by atoms with van der Waals surface area (Å²) in [6.45, 7) is 3.52. The highest BCUT2D eigenvalue weighted by molar-refractivity contribution is 6.04. The molecule has 104 valence electrons. The van der Waals surface area contributed by atoms with Gasteiger partial charge in [-0.3, -0.25) is 9.59 Å². The van der Waals surface area contributed by atoms with Crippen molar-refractivity contribution in [2.45, 2.75) is 20.4 Å². The average molecular weight is 272 g/mol.